The van der Waals surface area contributed by atoms with Gasteiger partial charge in [-0.25, -0.2) is 0 Å². The van der Waals surface area contributed by atoms with Crippen molar-refractivity contribution in [3.63, 3.8) is 0 Å². The molecular weight excluding hydrogens is 238 g/mol. The number of ether oxygens (including phenoxy) is 1. The number of carbonyl (C=O) groups is 1. The van der Waals surface area contributed by atoms with Gasteiger partial charge in [-0.15, -0.1) is 0 Å². The maximum Gasteiger partial charge on any atom is 0.307 e. The second-order valence-corrected chi connectivity index (χ2v) is 5.41. The number of fused-ring (bicyclic) bond motifs is 1. The lowest BCUT2D eigenvalue weighted by atomic mass is 9.92. The molecule has 0 bridgehead atoms. The van der Waals surface area contributed by atoms with Gasteiger partial charge in [-0.05, 0) is 68.9 Å². The highest BCUT2D eigenvalue weighted by molar-refractivity contribution is 5.74. The molecular formula is C16H23NO2. The van der Waals surface area contributed by atoms with Crippen molar-refractivity contribution in [2.45, 2.75) is 53.5 Å². The molecule has 2 rings (SSSR count). The lowest BCUT2D eigenvalue weighted by molar-refractivity contribution is -0.143. The van der Waals surface area contributed by atoms with E-state index in [1.807, 2.05) is 6.92 Å². The minimum absolute atomic E-state index is 0.114. The fourth-order valence-electron chi connectivity index (χ4n) is 2.89. The molecule has 104 valence electrons. The van der Waals surface area contributed by atoms with E-state index >= 15 is 0 Å². The average molecular weight is 261 g/mol. The highest BCUT2D eigenvalue weighted by Gasteiger charge is 2.27. The van der Waals surface area contributed by atoms with Crippen molar-refractivity contribution in [1.29, 1.82) is 0 Å². The van der Waals surface area contributed by atoms with Crippen molar-refractivity contribution < 1.29 is 9.53 Å². The summed E-state index contributed by atoms with van der Waals surface area (Å²) in [5.41, 5.74) is 7.99. The van der Waals surface area contributed by atoms with Crippen molar-refractivity contribution >= 4 is 11.7 Å². The van der Waals surface area contributed by atoms with E-state index in [9.17, 15) is 4.79 Å². The molecule has 3 nitrogen and oxygen atoms in total. The maximum atomic E-state index is 11.6. The van der Waals surface area contributed by atoms with Gasteiger partial charge in [0.15, 0.2) is 0 Å². The van der Waals surface area contributed by atoms with E-state index in [2.05, 4.69) is 33.0 Å². The smallest absolute Gasteiger partial charge is 0.307 e. The third kappa shape index (κ3) is 2.46. The van der Waals surface area contributed by atoms with Crippen LogP contribution in [0.5, 0.6) is 0 Å². The Morgan fingerprint density at radius 2 is 1.79 bits per heavy atom. The minimum Gasteiger partial charge on any atom is -0.466 e. The summed E-state index contributed by atoms with van der Waals surface area (Å²) in [6.45, 7) is 11.0. The van der Waals surface area contributed by atoms with E-state index in [-0.39, 0.29) is 12.0 Å². The first kappa shape index (κ1) is 13.9. The van der Waals surface area contributed by atoms with Crippen molar-refractivity contribution in [1.82, 2.24) is 0 Å². The van der Waals surface area contributed by atoms with Gasteiger partial charge in [-0.3, -0.25) is 4.79 Å². The van der Waals surface area contributed by atoms with Gasteiger partial charge in [0.1, 0.15) is 0 Å². The molecule has 1 aromatic rings. The van der Waals surface area contributed by atoms with Crippen LogP contribution in [-0.2, 0) is 16.0 Å². The number of carbonyl (C=O) groups excluding carboxylic acids is 1. The Hall–Kier alpha value is -1.51. The zero-order valence-electron chi connectivity index (χ0n) is 12.5. The van der Waals surface area contributed by atoms with Gasteiger partial charge in [0.25, 0.3) is 0 Å². The molecule has 0 saturated heterocycles. The topological polar surface area (TPSA) is 38.3 Å². The van der Waals surface area contributed by atoms with Crippen molar-refractivity contribution in [3.05, 3.63) is 27.8 Å². The monoisotopic (exact) mass is 261 g/mol. The van der Waals surface area contributed by atoms with Gasteiger partial charge >= 0.3 is 5.97 Å². The van der Waals surface area contributed by atoms with Crippen LogP contribution in [0.2, 0.25) is 0 Å². The summed E-state index contributed by atoms with van der Waals surface area (Å²) in [7, 11) is 0. The summed E-state index contributed by atoms with van der Waals surface area (Å²) in [4.78, 5) is 11.6. The van der Waals surface area contributed by atoms with E-state index in [1.54, 1.807) is 0 Å². The molecule has 1 aliphatic rings. The third-order valence-corrected chi connectivity index (χ3v) is 4.33. The average Bonchev–Trinajstić information content (AvgIpc) is 2.78. The largest absolute Gasteiger partial charge is 0.466 e. The Labute approximate surface area is 115 Å². The van der Waals surface area contributed by atoms with Crippen LogP contribution in [0.3, 0.4) is 0 Å². The van der Waals surface area contributed by atoms with E-state index in [4.69, 9.17) is 4.74 Å². The van der Waals surface area contributed by atoms with Crippen molar-refractivity contribution in [2.75, 3.05) is 11.9 Å². The molecule has 0 amide bonds. The molecule has 1 N–H and O–H groups in total. The zero-order chi connectivity index (χ0) is 14.2. The molecule has 0 aromatic heterocycles. The maximum absolute atomic E-state index is 11.6. The second kappa shape index (κ2) is 5.24. The molecule has 0 spiro atoms. The zero-order valence-corrected chi connectivity index (χ0v) is 12.5. The van der Waals surface area contributed by atoms with Crippen LogP contribution < -0.4 is 5.32 Å². The predicted molar refractivity (Wildman–Crippen MR) is 77.8 cm³/mol. The summed E-state index contributed by atoms with van der Waals surface area (Å²) >= 11 is 0. The van der Waals surface area contributed by atoms with Gasteiger partial charge in [0.05, 0.1) is 13.0 Å². The van der Waals surface area contributed by atoms with Crippen LogP contribution in [0.4, 0.5) is 5.69 Å². The SMILES string of the molecule is CCOC(=O)CC1Cc2c(C)c(C)c(C)c(C)c2N1. The van der Waals surface area contributed by atoms with Gasteiger partial charge < -0.3 is 10.1 Å². The molecule has 0 radical (unpaired) electrons. The standard InChI is InChI=1S/C16H23NO2/c1-6-19-15(18)8-13-7-14-11(4)9(2)10(3)12(5)16(14)17-13/h13,17H,6-8H2,1-5H3. The quantitative estimate of drug-likeness (QED) is 0.849. The number of nitrogens with one attached hydrogen (secondary N) is 1. The molecule has 19 heavy (non-hydrogen) atoms. The summed E-state index contributed by atoms with van der Waals surface area (Å²) in [6, 6.07) is 0.174. The third-order valence-electron chi connectivity index (χ3n) is 4.33. The molecule has 1 heterocycles. The fourth-order valence-corrected chi connectivity index (χ4v) is 2.89. The first-order valence-corrected chi connectivity index (χ1v) is 6.97. The lowest BCUT2D eigenvalue weighted by Gasteiger charge is -2.15. The molecule has 1 aliphatic heterocycles. The van der Waals surface area contributed by atoms with E-state index in [1.165, 1.54) is 33.5 Å². The molecule has 1 unspecified atom stereocenters. The summed E-state index contributed by atoms with van der Waals surface area (Å²) in [6.07, 6.45) is 1.36. The highest BCUT2D eigenvalue weighted by atomic mass is 16.5. The van der Waals surface area contributed by atoms with Crippen LogP contribution in [0, 0.1) is 27.7 Å². The number of rotatable bonds is 3. The summed E-state index contributed by atoms with van der Waals surface area (Å²) < 4.78 is 5.03. The normalized spacial score (nSPS) is 17.0. The Kier molecular flexibility index (Phi) is 3.83. The molecule has 0 saturated carbocycles. The second-order valence-electron chi connectivity index (χ2n) is 5.41. The number of hydrogen-bond acceptors (Lipinski definition) is 3. The Bertz CT molecular complexity index is 483. The van der Waals surface area contributed by atoms with Gasteiger partial charge in [-0.1, -0.05) is 0 Å². The van der Waals surface area contributed by atoms with E-state index in [0.717, 1.165) is 6.42 Å². The van der Waals surface area contributed by atoms with Gasteiger partial charge in [0, 0.05) is 11.7 Å². The summed E-state index contributed by atoms with van der Waals surface area (Å²) in [5.74, 6) is -0.114. The fraction of sp³-hybridized carbons (Fsp3) is 0.562. The van der Waals surface area contributed by atoms with Crippen LogP contribution in [0.15, 0.2) is 0 Å². The lowest BCUT2D eigenvalue weighted by Crippen LogP contribution is -2.21. The van der Waals surface area contributed by atoms with Crippen LogP contribution in [-0.4, -0.2) is 18.6 Å². The van der Waals surface area contributed by atoms with Crippen LogP contribution >= 0.6 is 0 Å². The number of benzene rings is 1. The Morgan fingerprint density at radius 1 is 1.16 bits per heavy atom. The van der Waals surface area contributed by atoms with Gasteiger partial charge in [0.2, 0.25) is 0 Å². The number of hydrogen-bond donors (Lipinski definition) is 1. The molecule has 1 atom stereocenters. The number of esters is 1. The van der Waals surface area contributed by atoms with Crippen molar-refractivity contribution in [3.8, 4) is 0 Å². The molecule has 3 heteroatoms. The van der Waals surface area contributed by atoms with E-state index < -0.39 is 0 Å². The number of anilines is 1. The molecule has 0 aliphatic carbocycles. The summed E-state index contributed by atoms with van der Waals surface area (Å²) in [5, 5.41) is 3.50. The molecule has 0 fully saturated rings. The Morgan fingerprint density at radius 3 is 2.42 bits per heavy atom. The van der Waals surface area contributed by atoms with Crippen LogP contribution in [0.1, 0.15) is 41.2 Å². The highest BCUT2D eigenvalue weighted by Crippen LogP contribution is 2.37. The van der Waals surface area contributed by atoms with Crippen molar-refractivity contribution in [2.24, 2.45) is 0 Å². The Balaban J connectivity index is 2.23. The van der Waals surface area contributed by atoms with Crippen LogP contribution in [0.25, 0.3) is 0 Å². The first-order valence-electron chi connectivity index (χ1n) is 6.97. The first-order chi connectivity index (χ1) is 8.95. The predicted octanol–water partition coefficient (Wildman–Crippen LogP) is 3.21. The van der Waals surface area contributed by atoms with Gasteiger partial charge in [-0.2, -0.15) is 0 Å². The van der Waals surface area contributed by atoms with E-state index in [0.29, 0.717) is 13.0 Å². The minimum atomic E-state index is -0.114. The molecule has 1 aromatic carbocycles.